The Balaban J connectivity index is 1.42. The molecule has 33 heavy (non-hydrogen) atoms. The van der Waals surface area contributed by atoms with Crippen molar-refractivity contribution < 1.29 is 13.6 Å². The molecule has 0 bridgehead atoms. The van der Waals surface area contributed by atoms with E-state index in [0.717, 1.165) is 22.9 Å². The second-order valence-corrected chi connectivity index (χ2v) is 8.53. The molecule has 3 heterocycles. The van der Waals surface area contributed by atoms with Crippen LogP contribution in [0.15, 0.2) is 59.4 Å². The van der Waals surface area contributed by atoms with Gasteiger partial charge in [-0.3, -0.25) is 4.79 Å². The van der Waals surface area contributed by atoms with Gasteiger partial charge in [0.15, 0.2) is 0 Å². The molecule has 1 aliphatic rings. The number of carbonyl (C=O) groups is 1. The highest BCUT2D eigenvalue weighted by molar-refractivity contribution is 7.07. The molecule has 0 atom stereocenters. The van der Waals surface area contributed by atoms with Crippen molar-refractivity contribution in [3.05, 3.63) is 82.6 Å². The molecule has 0 spiro atoms. The molecule has 168 valence electrons. The van der Waals surface area contributed by atoms with Crippen LogP contribution >= 0.6 is 11.3 Å². The molecule has 1 amide bonds. The lowest BCUT2D eigenvalue weighted by Gasteiger charge is -2.28. The zero-order valence-electron chi connectivity index (χ0n) is 17.7. The van der Waals surface area contributed by atoms with Gasteiger partial charge in [-0.2, -0.15) is 0 Å². The quantitative estimate of drug-likeness (QED) is 0.435. The number of rotatable bonds is 6. The Bertz CT molecular complexity index is 1250. The third kappa shape index (κ3) is 4.63. The van der Waals surface area contributed by atoms with Crippen LogP contribution in [-0.4, -0.2) is 31.9 Å². The normalized spacial score (nSPS) is 13.1. The Hall–Kier alpha value is -3.59. The first-order valence-electron chi connectivity index (χ1n) is 10.6. The van der Waals surface area contributed by atoms with E-state index in [1.54, 1.807) is 29.8 Å². The average Bonchev–Trinajstić information content (AvgIpc) is 3.47. The lowest BCUT2D eigenvalue weighted by atomic mass is 10.1. The maximum absolute atomic E-state index is 13.5. The molecule has 0 aliphatic carbocycles. The number of aromatic nitrogens is 3. The molecule has 0 unspecified atom stereocenters. The first-order chi connectivity index (χ1) is 16.1. The minimum Gasteiger partial charge on any atom is -0.340 e. The second kappa shape index (κ2) is 9.11. The van der Waals surface area contributed by atoms with Gasteiger partial charge in [-0.1, -0.05) is 0 Å². The standard InChI is InChI=1S/C24H21F2N5OS/c25-17-3-1-16(2-4-17)23-24(28-19-7-5-18(26)6-8-19)31-12-11-30(13-21(31)29-23)22(32)10-9-20-14-33-15-27-20/h1-8,14-15,28H,9-13H2. The van der Waals surface area contributed by atoms with E-state index in [0.29, 0.717) is 43.9 Å². The number of aryl methyl sites for hydroxylation is 1. The number of hydrogen-bond acceptors (Lipinski definition) is 5. The van der Waals surface area contributed by atoms with E-state index in [2.05, 4.69) is 10.3 Å². The highest BCUT2D eigenvalue weighted by Gasteiger charge is 2.27. The van der Waals surface area contributed by atoms with Crippen molar-refractivity contribution in [1.82, 2.24) is 19.4 Å². The van der Waals surface area contributed by atoms with Crippen LogP contribution in [0, 0.1) is 11.6 Å². The van der Waals surface area contributed by atoms with Gasteiger partial charge in [0.1, 0.15) is 29.0 Å². The summed E-state index contributed by atoms with van der Waals surface area (Å²) in [5.41, 5.74) is 4.82. The van der Waals surface area contributed by atoms with E-state index in [1.807, 2.05) is 14.8 Å². The number of carbonyl (C=O) groups excluding carboxylic acids is 1. The Morgan fingerprint density at radius 1 is 1.03 bits per heavy atom. The Morgan fingerprint density at radius 3 is 2.45 bits per heavy atom. The molecule has 4 aromatic rings. The summed E-state index contributed by atoms with van der Waals surface area (Å²) in [6.45, 7) is 1.50. The molecule has 0 radical (unpaired) electrons. The van der Waals surface area contributed by atoms with Crippen LogP contribution in [0.1, 0.15) is 17.9 Å². The summed E-state index contributed by atoms with van der Waals surface area (Å²) in [4.78, 5) is 23.7. The highest BCUT2D eigenvalue weighted by Crippen LogP contribution is 2.33. The van der Waals surface area contributed by atoms with E-state index in [-0.39, 0.29) is 17.5 Å². The summed E-state index contributed by atoms with van der Waals surface area (Å²) >= 11 is 1.52. The number of halogens is 2. The molecule has 1 aliphatic heterocycles. The lowest BCUT2D eigenvalue weighted by Crippen LogP contribution is -2.38. The first-order valence-corrected chi connectivity index (χ1v) is 11.5. The summed E-state index contributed by atoms with van der Waals surface area (Å²) in [6.07, 6.45) is 1.02. The van der Waals surface area contributed by atoms with Gasteiger partial charge in [-0.25, -0.2) is 18.7 Å². The predicted octanol–water partition coefficient (Wildman–Crippen LogP) is 5.00. The van der Waals surface area contributed by atoms with Crippen molar-refractivity contribution in [1.29, 1.82) is 0 Å². The van der Waals surface area contributed by atoms with Crippen LogP contribution in [0.3, 0.4) is 0 Å². The van der Waals surface area contributed by atoms with Gasteiger partial charge in [-0.05, 0) is 55.0 Å². The van der Waals surface area contributed by atoms with Gasteiger partial charge in [0, 0.05) is 36.1 Å². The fraction of sp³-hybridized carbons (Fsp3) is 0.208. The number of fused-ring (bicyclic) bond motifs is 1. The van der Waals surface area contributed by atoms with Crippen LogP contribution in [-0.2, 0) is 24.3 Å². The Labute approximate surface area is 193 Å². The second-order valence-electron chi connectivity index (χ2n) is 7.81. The highest BCUT2D eigenvalue weighted by atomic mass is 32.1. The number of nitrogens with one attached hydrogen (secondary N) is 1. The zero-order chi connectivity index (χ0) is 22.8. The fourth-order valence-corrected chi connectivity index (χ4v) is 4.50. The topological polar surface area (TPSA) is 63.1 Å². The number of amides is 1. The van der Waals surface area contributed by atoms with Crippen molar-refractivity contribution in [2.45, 2.75) is 25.9 Å². The molecule has 0 saturated carbocycles. The molecule has 0 saturated heterocycles. The third-order valence-electron chi connectivity index (χ3n) is 5.63. The minimum atomic E-state index is -0.326. The van der Waals surface area contributed by atoms with E-state index >= 15 is 0 Å². The van der Waals surface area contributed by atoms with Crippen molar-refractivity contribution >= 4 is 28.7 Å². The van der Waals surface area contributed by atoms with Gasteiger partial charge in [0.2, 0.25) is 5.91 Å². The van der Waals surface area contributed by atoms with Crippen LogP contribution in [0.2, 0.25) is 0 Å². The summed E-state index contributed by atoms with van der Waals surface area (Å²) in [6, 6.07) is 12.2. The maximum Gasteiger partial charge on any atom is 0.223 e. The van der Waals surface area contributed by atoms with Crippen molar-refractivity contribution in [2.24, 2.45) is 0 Å². The molecule has 5 rings (SSSR count). The summed E-state index contributed by atoms with van der Waals surface area (Å²) in [5, 5.41) is 5.30. The average molecular weight is 466 g/mol. The summed E-state index contributed by atoms with van der Waals surface area (Å²) < 4.78 is 28.9. The smallest absolute Gasteiger partial charge is 0.223 e. The SMILES string of the molecule is O=C(CCc1cscn1)N1CCn2c(nc(-c3ccc(F)cc3)c2Nc2ccc(F)cc2)C1. The van der Waals surface area contributed by atoms with Crippen LogP contribution < -0.4 is 5.32 Å². The largest absolute Gasteiger partial charge is 0.340 e. The molecular formula is C24H21F2N5OS. The zero-order valence-corrected chi connectivity index (χ0v) is 18.5. The van der Waals surface area contributed by atoms with Gasteiger partial charge in [-0.15, -0.1) is 11.3 Å². The Morgan fingerprint density at radius 2 is 1.76 bits per heavy atom. The summed E-state index contributed by atoms with van der Waals surface area (Å²) in [7, 11) is 0. The van der Waals surface area contributed by atoms with Crippen LogP contribution in [0.5, 0.6) is 0 Å². The number of hydrogen-bond donors (Lipinski definition) is 1. The van der Waals surface area contributed by atoms with E-state index in [9.17, 15) is 13.6 Å². The van der Waals surface area contributed by atoms with E-state index in [1.165, 1.54) is 35.6 Å². The summed E-state index contributed by atoms with van der Waals surface area (Å²) in [5.74, 6) is 0.896. The Kier molecular flexibility index (Phi) is 5.87. The van der Waals surface area contributed by atoms with Gasteiger partial charge in [0.05, 0.1) is 17.7 Å². The fourth-order valence-electron chi connectivity index (χ4n) is 3.90. The first kappa shape index (κ1) is 21.3. The number of thiazole rings is 1. The molecule has 6 nitrogen and oxygen atoms in total. The lowest BCUT2D eigenvalue weighted by molar-refractivity contribution is -0.132. The van der Waals surface area contributed by atoms with Crippen LogP contribution in [0.25, 0.3) is 11.3 Å². The predicted molar refractivity (Wildman–Crippen MR) is 123 cm³/mol. The van der Waals surface area contributed by atoms with Crippen molar-refractivity contribution in [3.8, 4) is 11.3 Å². The van der Waals surface area contributed by atoms with Gasteiger partial charge < -0.3 is 14.8 Å². The molecule has 1 N–H and O–H groups in total. The maximum atomic E-state index is 13.5. The van der Waals surface area contributed by atoms with E-state index in [4.69, 9.17) is 4.98 Å². The molecule has 0 fully saturated rings. The number of benzene rings is 2. The van der Waals surface area contributed by atoms with E-state index < -0.39 is 0 Å². The number of imidazole rings is 1. The van der Waals surface area contributed by atoms with Crippen molar-refractivity contribution in [2.75, 3.05) is 11.9 Å². The molecule has 2 aromatic carbocycles. The molecular weight excluding hydrogens is 444 g/mol. The molecule has 2 aromatic heterocycles. The third-order valence-corrected chi connectivity index (χ3v) is 6.26. The van der Waals surface area contributed by atoms with Crippen molar-refractivity contribution in [3.63, 3.8) is 0 Å². The van der Waals surface area contributed by atoms with Gasteiger partial charge >= 0.3 is 0 Å². The monoisotopic (exact) mass is 465 g/mol. The number of nitrogens with zero attached hydrogens (tertiary/aromatic N) is 4. The van der Waals surface area contributed by atoms with Crippen LogP contribution in [0.4, 0.5) is 20.3 Å². The number of anilines is 2. The minimum absolute atomic E-state index is 0.0635. The molecule has 9 heteroatoms. The van der Waals surface area contributed by atoms with Gasteiger partial charge in [0.25, 0.3) is 0 Å².